The summed E-state index contributed by atoms with van der Waals surface area (Å²) in [6.07, 6.45) is -0.901. The van der Waals surface area contributed by atoms with E-state index in [0.29, 0.717) is 17.7 Å². The molecule has 0 spiro atoms. The Balaban J connectivity index is 1.93. The molecule has 2 N–H and O–H groups in total. The van der Waals surface area contributed by atoms with Crippen molar-refractivity contribution in [3.8, 4) is 22.9 Å². The summed E-state index contributed by atoms with van der Waals surface area (Å²) < 4.78 is 45.6. The number of aliphatic hydroxyl groups is 1. The highest BCUT2D eigenvalue weighted by molar-refractivity contribution is 5.95. The first-order valence-electron chi connectivity index (χ1n) is 9.48. The van der Waals surface area contributed by atoms with Gasteiger partial charge in [-0.3, -0.25) is 9.48 Å². The second-order valence-electron chi connectivity index (χ2n) is 6.84. The lowest BCUT2D eigenvalue weighted by Gasteiger charge is -2.15. The predicted molar refractivity (Wildman–Crippen MR) is 107 cm³/mol. The SMILES string of the molecule is CC[C@H](CO)NC(=O)c1cnc(Oc2ccc(C(F)(F)F)cc2)c(-c2ccn(C)n2)c1. The number of hydrogen-bond donors (Lipinski definition) is 2. The van der Waals surface area contributed by atoms with E-state index in [9.17, 15) is 23.1 Å². The van der Waals surface area contributed by atoms with Gasteiger partial charge in [0.15, 0.2) is 0 Å². The molecule has 10 heteroatoms. The van der Waals surface area contributed by atoms with E-state index >= 15 is 0 Å². The maximum absolute atomic E-state index is 12.8. The molecule has 0 radical (unpaired) electrons. The van der Waals surface area contributed by atoms with Gasteiger partial charge in [0.1, 0.15) is 5.75 Å². The highest BCUT2D eigenvalue weighted by atomic mass is 19.4. The van der Waals surface area contributed by atoms with Crippen molar-refractivity contribution in [1.82, 2.24) is 20.1 Å². The highest BCUT2D eigenvalue weighted by Gasteiger charge is 2.30. The van der Waals surface area contributed by atoms with Crippen molar-refractivity contribution >= 4 is 5.91 Å². The molecule has 31 heavy (non-hydrogen) atoms. The van der Waals surface area contributed by atoms with E-state index in [4.69, 9.17) is 4.74 Å². The van der Waals surface area contributed by atoms with Crippen molar-refractivity contribution in [2.75, 3.05) is 6.61 Å². The molecule has 0 saturated carbocycles. The minimum absolute atomic E-state index is 0.0872. The van der Waals surface area contributed by atoms with Gasteiger partial charge in [0, 0.05) is 19.4 Å². The number of amides is 1. The van der Waals surface area contributed by atoms with Crippen molar-refractivity contribution in [3.63, 3.8) is 0 Å². The molecule has 1 atom stereocenters. The van der Waals surface area contributed by atoms with Crippen molar-refractivity contribution in [1.29, 1.82) is 0 Å². The van der Waals surface area contributed by atoms with Gasteiger partial charge >= 0.3 is 6.18 Å². The second kappa shape index (κ2) is 9.17. The number of nitrogens with one attached hydrogen (secondary N) is 1. The number of alkyl halides is 3. The average molecular weight is 434 g/mol. The zero-order valence-corrected chi connectivity index (χ0v) is 16.8. The van der Waals surface area contributed by atoms with Gasteiger partial charge in [0.25, 0.3) is 5.91 Å². The lowest BCUT2D eigenvalue weighted by Crippen LogP contribution is -2.37. The number of benzene rings is 1. The van der Waals surface area contributed by atoms with Crippen LogP contribution in [0.1, 0.15) is 29.3 Å². The number of halogens is 3. The number of carbonyl (C=O) groups excluding carboxylic acids is 1. The third-order valence-corrected chi connectivity index (χ3v) is 4.55. The summed E-state index contributed by atoms with van der Waals surface area (Å²) >= 11 is 0. The summed E-state index contributed by atoms with van der Waals surface area (Å²) in [5.41, 5.74) is 0.303. The van der Waals surface area contributed by atoms with Gasteiger partial charge in [-0.2, -0.15) is 18.3 Å². The van der Waals surface area contributed by atoms with E-state index in [1.165, 1.54) is 24.4 Å². The van der Waals surface area contributed by atoms with E-state index in [0.717, 1.165) is 12.1 Å². The van der Waals surface area contributed by atoms with Crippen molar-refractivity contribution in [2.45, 2.75) is 25.6 Å². The fourth-order valence-electron chi connectivity index (χ4n) is 2.77. The Hall–Kier alpha value is -3.40. The van der Waals surface area contributed by atoms with Crippen LogP contribution in [0.5, 0.6) is 11.6 Å². The fraction of sp³-hybridized carbons (Fsp3) is 0.286. The monoisotopic (exact) mass is 434 g/mol. The molecule has 0 fully saturated rings. The van der Waals surface area contributed by atoms with Crippen molar-refractivity contribution in [2.24, 2.45) is 7.05 Å². The summed E-state index contributed by atoms with van der Waals surface area (Å²) in [4.78, 5) is 16.7. The van der Waals surface area contributed by atoms with Crippen LogP contribution in [0.15, 0.2) is 48.8 Å². The fourth-order valence-corrected chi connectivity index (χ4v) is 2.77. The first-order chi connectivity index (χ1) is 14.7. The van der Waals surface area contributed by atoms with E-state index < -0.39 is 23.7 Å². The second-order valence-corrected chi connectivity index (χ2v) is 6.84. The molecule has 3 rings (SSSR count). The number of ether oxygens (including phenoxy) is 1. The molecule has 2 aromatic heterocycles. The van der Waals surface area contributed by atoms with Gasteiger partial charge in [-0.25, -0.2) is 4.98 Å². The van der Waals surface area contributed by atoms with Crippen LogP contribution >= 0.6 is 0 Å². The summed E-state index contributed by atoms with van der Waals surface area (Å²) in [6, 6.07) is 7.05. The molecule has 2 heterocycles. The van der Waals surface area contributed by atoms with Crippen LogP contribution in [0.2, 0.25) is 0 Å². The van der Waals surface area contributed by atoms with E-state index in [1.807, 2.05) is 6.92 Å². The van der Waals surface area contributed by atoms with E-state index in [-0.39, 0.29) is 23.8 Å². The Morgan fingerprint density at radius 1 is 1.26 bits per heavy atom. The highest BCUT2D eigenvalue weighted by Crippen LogP contribution is 2.34. The molecule has 7 nitrogen and oxygen atoms in total. The minimum atomic E-state index is -4.45. The van der Waals surface area contributed by atoms with Crippen LogP contribution in [0.3, 0.4) is 0 Å². The maximum Gasteiger partial charge on any atom is 0.416 e. The lowest BCUT2D eigenvalue weighted by molar-refractivity contribution is -0.137. The summed E-state index contributed by atoms with van der Waals surface area (Å²) in [5, 5.41) is 16.3. The summed E-state index contributed by atoms with van der Waals surface area (Å²) in [5.74, 6) is -0.183. The number of aromatic nitrogens is 3. The summed E-state index contributed by atoms with van der Waals surface area (Å²) in [6.45, 7) is 1.64. The Kier molecular flexibility index (Phi) is 6.59. The lowest BCUT2D eigenvalue weighted by atomic mass is 10.1. The predicted octanol–water partition coefficient (Wildman–Crippen LogP) is 3.79. The summed E-state index contributed by atoms with van der Waals surface area (Å²) in [7, 11) is 1.72. The number of rotatable bonds is 7. The number of nitrogens with zero attached hydrogens (tertiary/aromatic N) is 3. The topological polar surface area (TPSA) is 89.3 Å². The van der Waals surface area contributed by atoms with Crippen LogP contribution in [0.4, 0.5) is 13.2 Å². The Labute approximate surface area is 176 Å². The Morgan fingerprint density at radius 3 is 2.52 bits per heavy atom. The standard InChI is InChI=1S/C21H21F3N4O3/c1-3-15(12-29)26-19(30)13-10-17(18-8-9-28(2)27-18)20(25-11-13)31-16-6-4-14(5-7-16)21(22,23)24/h4-11,15,29H,3,12H2,1-2H3,(H,26,30)/t15-/m1/s1. The number of aryl methyl sites for hydroxylation is 1. The molecule has 1 aromatic carbocycles. The van der Waals surface area contributed by atoms with Crippen molar-refractivity contribution < 1.29 is 27.8 Å². The van der Waals surface area contributed by atoms with E-state index in [1.54, 1.807) is 24.0 Å². The largest absolute Gasteiger partial charge is 0.438 e. The number of aliphatic hydroxyl groups excluding tert-OH is 1. The van der Waals surface area contributed by atoms with Crippen LogP contribution in [-0.4, -0.2) is 38.4 Å². The molecule has 0 saturated heterocycles. The zero-order chi connectivity index (χ0) is 22.6. The molecule has 0 aliphatic rings. The third kappa shape index (κ3) is 5.40. The van der Waals surface area contributed by atoms with Crippen LogP contribution in [0, 0.1) is 0 Å². The third-order valence-electron chi connectivity index (χ3n) is 4.55. The van der Waals surface area contributed by atoms with Crippen LogP contribution in [0.25, 0.3) is 11.3 Å². The maximum atomic E-state index is 12.8. The first-order valence-corrected chi connectivity index (χ1v) is 9.48. The minimum Gasteiger partial charge on any atom is -0.438 e. The Morgan fingerprint density at radius 2 is 1.97 bits per heavy atom. The molecule has 164 valence electrons. The van der Waals surface area contributed by atoms with Gasteiger partial charge in [-0.15, -0.1) is 0 Å². The molecule has 0 unspecified atom stereocenters. The number of pyridine rings is 1. The molecule has 0 aliphatic carbocycles. The van der Waals surface area contributed by atoms with Gasteiger partial charge in [-0.05, 0) is 42.8 Å². The van der Waals surface area contributed by atoms with Gasteiger partial charge < -0.3 is 15.2 Å². The van der Waals surface area contributed by atoms with Crippen molar-refractivity contribution in [3.05, 3.63) is 59.9 Å². The van der Waals surface area contributed by atoms with Gasteiger partial charge in [0.2, 0.25) is 5.88 Å². The smallest absolute Gasteiger partial charge is 0.416 e. The molecular weight excluding hydrogens is 413 g/mol. The van der Waals surface area contributed by atoms with Crippen LogP contribution < -0.4 is 10.1 Å². The normalized spacial score (nSPS) is 12.5. The van der Waals surface area contributed by atoms with Gasteiger partial charge in [-0.1, -0.05) is 6.92 Å². The Bertz CT molecular complexity index is 1040. The average Bonchev–Trinajstić information content (AvgIpc) is 3.18. The molecular formula is C21H21F3N4O3. The number of hydrogen-bond acceptors (Lipinski definition) is 5. The first kappa shape index (κ1) is 22.3. The quantitative estimate of drug-likeness (QED) is 0.591. The molecule has 1 amide bonds. The van der Waals surface area contributed by atoms with Crippen LogP contribution in [-0.2, 0) is 13.2 Å². The molecule has 3 aromatic rings. The molecule has 0 bridgehead atoms. The van der Waals surface area contributed by atoms with E-state index in [2.05, 4.69) is 15.4 Å². The number of carbonyl (C=O) groups is 1. The molecule has 0 aliphatic heterocycles. The van der Waals surface area contributed by atoms with Gasteiger partial charge in [0.05, 0.1) is 35.0 Å². The zero-order valence-electron chi connectivity index (χ0n) is 16.8.